The Balaban J connectivity index is 1.70. The van der Waals surface area contributed by atoms with Crippen LogP contribution in [0.4, 0.5) is 0 Å². The largest absolute Gasteiger partial charge is 0.454 e. The van der Waals surface area contributed by atoms with Gasteiger partial charge in [0.05, 0.1) is 16.8 Å². The molecule has 0 bridgehead atoms. The third-order valence-electron chi connectivity index (χ3n) is 4.86. The lowest BCUT2D eigenvalue weighted by molar-refractivity contribution is 0.0476. The second-order valence-corrected chi connectivity index (χ2v) is 8.40. The average Bonchev–Trinajstić information content (AvgIpc) is 2.77. The minimum Gasteiger partial charge on any atom is -0.454 e. The van der Waals surface area contributed by atoms with Gasteiger partial charge in [-0.05, 0) is 55.0 Å². The summed E-state index contributed by atoms with van der Waals surface area (Å²) in [5.41, 5.74) is 3.97. The Labute approximate surface area is 193 Å². The number of fused-ring (bicyclic) bond motifs is 1. The van der Waals surface area contributed by atoms with E-state index in [1.54, 1.807) is 30.3 Å². The van der Waals surface area contributed by atoms with Gasteiger partial charge < -0.3 is 4.74 Å². The molecule has 6 heteroatoms. The Kier molecular flexibility index (Phi) is 6.16. The van der Waals surface area contributed by atoms with Crippen LogP contribution in [0.15, 0.2) is 77.3 Å². The zero-order valence-corrected chi connectivity index (χ0v) is 18.9. The summed E-state index contributed by atoms with van der Waals surface area (Å²) in [6.07, 6.45) is 0. The summed E-state index contributed by atoms with van der Waals surface area (Å²) in [6.45, 7) is 1.58. The summed E-state index contributed by atoms with van der Waals surface area (Å²) in [7, 11) is 0. The van der Waals surface area contributed by atoms with E-state index in [-0.39, 0.29) is 12.4 Å². The van der Waals surface area contributed by atoms with E-state index in [1.165, 1.54) is 0 Å². The van der Waals surface area contributed by atoms with Crippen LogP contribution in [0.1, 0.15) is 26.3 Å². The maximum Gasteiger partial charge on any atom is 0.339 e. The Morgan fingerprint density at radius 3 is 2.42 bits per heavy atom. The number of carbonyl (C=O) groups excluding carboxylic acids is 2. The quantitative estimate of drug-likeness (QED) is 0.230. The van der Waals surface area contributed by atoms with E-state index in [0.29, 0.717) is 32.7 Å². The first-order chi connectivity index (χ1) is 14.9. The Bertz CT molecular complexity index is 1290. The van der Waals surface area contributed by atoms with E-state index >= 15 is 0 Å². The van der Waals surface area contributed by atoms with Gasteiger partial charge >= 0.3 is 5.97 Å². The van der Waals surface area contributed by atoms with Gasteiger partial charge in [0.1, 0.15) is 0 Å². The lowest BCUT2D eigenvalue weighted by Crippen LogP contribution is -2.15. The molecule has 1 heterocycles. The van der Waals surface area contributed by atoms with Gasteiger partial charge in [-0.1, -0.05) is 57.9 Å². The molecule has 0 unspecified atom stereocenters. The summed E-state index contributed by atoms with van der Waals surface area (Å²) < 4.78 is 6.22. The van der Waals surface area contributed by atoms with Crippen LogP contribution in [-0.4, -0.2) is 23.3 Å². The number of ether oxygens (including phenoxy) is 1. The van der Waals surface area contributed by atoms with Crippen molar-refractivity contribution < 1.29 is 14.3 Å². The van der Waals surface area contributed by atoms with Crippen molar-refractivity contribution in [1.82, 2.24) is 4.98 Å². The fourth-order valence-electron chi connectivity index (χ4n) is 3.31. The number of nitrogens with zero attached hydrogens (tertiary/aromatic N) is 1. The molecule has 3 aromatic carbocycles. The van der Waals surface area contributed by atoms with Crippen LogP contribution in [0.25, 0.3) is 22.2 Å². The van der Waals surface area contributed by atoms with Gasteiger partial charge in [-0.15, -0.1) is 0 Å². The van der Waals surface area contributed by atoms with Crippen molar-refractivity contribution in [3.63, 3.8) is 0 Å². The van der Waals surface area contributed by atoms with E-state index in [2.05, 4.69) is 15.9 Å². The van der Waals surface area contributed by atoms with Gasteiger partial charge in [0.2, 0.25) is 0 Å². The Hall–Kier alpha value is -3.02. The highest BCUT2D eigenvalue weighted by molar-refractivity contribution is 9.10. The van der Waals surface area contributed by atoms with Gasteiger partial charge in [0.15, 0.2) is 12.4 Å². The van der Waals surface area contributed by atoms with Gasteiger partial charge in [0, 0.05) is 26.0 Å². The van der Waals surface area contributed by atoms with Crippen molar-refractivity contribution in [2.45, 2.75) is 6.92 Å². The first-order valence-electron chi connectivity index (χ1n) is 9.54. The number of pyridine rings is 1. The number of hydrogen-bond acceptors (Lipinski definition) is 4. The Morgan fingerprint density at radius 2 is 1.71 bits per heavy atom. The fraction of sp³-hybridized carbons (Fsp3) is 0.0800. The first kappa shape index (κ1) is 21.2. The van der Waals surface area contributed by atoms with Crippen molar-refractivity contribution in [3.8, 4) is 11.3 Å². The van der Waals surface area contributed by atoms with E-state index in [4.69, 9.17) is 21.3 Å². The molecule has 4 aromatic rings. The molecule has 154 valence electrons. The summed E-state index contributed by atoms with van der Waals surface area (Å²) in [5.74, 6) is -0.881. The van der Waals surface area contributed by atoms with Crippen molar-refractivity contribution in [2.24, 2.45) is 0 Å². The highest BCUT2D eigenvalue weighted by Gasteiger charge is 2.18. The number of carbonyl (C=O) groups is 2. The molecule has 4 rings (SSSR count). The van der Waals surface area contributed by atoms with Crippen molar-refractivity contribution in [2.75, 3.05) is 6.61 Å². The summed E-state index contributed by atoms with van der Waals surface area (Å²) >= 11 is 9.35. The molecule has 0 spiro atoms. The number of ketones is 1. The van der Waals surface area contributed by atoms with Crippen LogP contribution >= 0.6 is 27.5 Å². The minimum atomic E-state index is -0.579. The van der Waals surface area contributed by atoms with Crippen LogP contribution in [0, 0.1) is 6.92 Å². The Morgan fingerprint density at radius 1 is 1.00 bits per heavy atom. The minimum absolute atomic E-state index is 0.302. The van der Waals surface area contributed by atoms with Crippen LogP contribution in [0.2, 0.25) is 5.02 Å². The number of esters is 1. The van der Waals surface area contributed by atoms with E-state index in [0.717, 1.165) is 15.6 Å². The molecule has 4 nitrogen and oxygen atoms in total. The number of halogens is 2. The topological polar surface area (TPSA) is 56.3 Å². The average molecular weight is 495 g/mol. The van der Waals surface area contributed by atoms with Crippen LogP contribution in [-0.2, 0) is 4.74 Å². The molecule has 0 N–H and O–H groups in total. The predicted molar refractivity (Wildman–Crippen MR) is 126 cm³/mol. The number of benzene rings is 3. The van der Waals surface area contributed by atoms with Crippen LogP contribution in [0.3, 0.4) is 0 Å². The maximum atomic E-state index is 13.0. The lowest BCUT2D eigenvalue weighted by Gasteiger charge is -2.12. The highest BCUT2D eigenvalue weighted by atomic mass is 79.9. The smallest absolute Gasteiger partial charge is 0.339 e. The molecule has 0 saturated carbocycles. The van der Waals surface area contributed by atoms with Crippen molar-refractivity contribution >= 4 is 50.2 Å². The van der Waals surface area contributed by atoms with E-state index in [1.807, 2.05) is 49.4 Å². The van der Waals surface area contributed by atoms with Gasteiger partial charge in [0.25, 0.3) is 0 Å². The molecule has 0 fully saturated rings. The van der Waals surface area contributed by atoms with Crippen molar-refractivity contribution in [3.05, 3.63) is 99.0 Å². The fourth-order valence-corrected chi connectivity index (χ4v) is 4.01. The van der Waals surface area contributed by atoms with Crippen LogP contribution in [0.5, 0.6) is 0 Å². The second kappa shape index (κ2) is 9.00. The zero-order valence-electron chi connectivity index (χ0n) is 16.6. The van der Waals surface area contributed by atoms with Gasteiger partial charge in [-0.25, -0.2) is 9.78 Å². The molecular formula is C25H17BrClNO3. The predicted octanol–water partition coefficient (Wildman–Crippen LogP) is 6.67. The number of hydrogen-bond donors (Lipinski definition) is 0. The van der Waals surface area contributed by atoms with Gasteiger partial charge in [-0.2, -0.15) is 0 Å². The molecule has 31 heavy (non-hydrogen) atoms. The number of aromatic nitrogens is 1. The third kappa shape index (κ3) is 4.68. The zero-order chi connectivity index (χ0) is 22.0. The molecule has 0 aliphatic heterocycles. The molecule has 0 aliphatic rings. The number of aryl methyl sites for hydroxylation is 1. The highest BCUT2D eigenvalue weighted by Crippen LogP contribution is 2.30. The molecule has 0 aliphatic carbocycles. The standard InChI is InChI=1S/C25H17BrClNO3/c1-15-11-18(26)12-20-21(13-22(28-24(15)20)16-5-3-2-4-6-16)25(30)31-14-23(29)17-7-9-19(27)10-8-17/h2-13H,14H2,1H3. The molecule has 0 atom stereocenters. The summed E-state index contributed by atoms with van der Waals surface area (Å²) in [5, 5.41) is 1.20. The molecule has 0 saturated heterocycles. The van der Waals surface area contributed by atoms with Crippen molar-refractivity contribution in [1.29, 1.82) is 0 Å². The SMILES string of the molecule is Cc1cc(Br)cc2c(C(=O)OCC(=O)c3ccc(Cl)cc3)cc(-c3ccccc3)nc12. The number of rotatable bonds is 5. The molecular weight excluding hydrogens is 478 g/mol. The van der Waals surface area contributed by atoms with Crippen LogP contribution < -0.4 is 0 Å². The first-order valence-corrected chi connectivity index (χ1v) is 10.7. The molecule has 0 radical (unpaired) electrons. The molecule has 1 aromatic heterocycles. The van der Waals surface area contributed by atoms with Gasteiger partial charge in [-0.3, -0.25) is 4.79 Å². The number of Topliss-reactive ketones (excluding diaryl/α,β-unsaturated/α-hetero) is 1. The maximum absolute atomic E-state index is 13.0. The summed E-state index contributed by atoms with van der Waals surface area (Å²) in [4.78, 5) is 30.2. The normalized spacial score (nSPS) is 10.8. The summed E-state index contributed by atoms with van der Waals surface area (Å²) in [6, 6.07) is 21.6. The second-order valence-electron chi connectivity index (χ2n) is 7.05. The van der Waals surface area contributed by atoms with E-state index < -0.39 is 5.97 Å². The molecule has 0 amide bonds. The lowest BCUT2D eigenvalue weighted by atomic mass is 10.0. The van der Waals surface area contributed by atoms with E-state index in [9.17, 15) is 9.59 Å². The third-order valence-corrected chi connectivity index (χ3v) is 5.57. The monoisotopic (exact) mass is 493 g/mol.